The molecule has 0 radical (unpaired) electrons. The van der Waals surface area contributed by atoms with Crippen LogP contribution in [0.1, 0.15) is 15.9 Å². The average molecular weight is 463 g/mol. The van der Waals surface area contributed by atoms with Crippen molar-refractivity contribution in [2.75, 3.05) is 33.3 Å². The fraction of sp³-hybridized carbons (Fsp3) is 0.160. The van der Waals surface area contributed by atoms with E-state index in [1.54, 1.807) is 48.5 Å². The molecule has 34 heavy (non-hydrogen) atoms. The van der Waals surface area contributed by atoms with Crippen molar-refractivity contribution in [2.45, 2.75) is 0 Å². The normalized spacial score (nSPS) is 10.4. The van der Waals surface area contributed by atoms with Crippen LogP contribution < -0.4 is 29.7 Å². The number of hydrogen-bond donors (Lipinski definition) is 2. The lowest BCUT2D eigenvalue weighted by atomic mass is 10.2. The number of amides is 2. The molecule has 0 unspecified atom stereocenters. The minimum Gasteiger partial charge on any atom is -0.493 e. The molecule has 0 saturated carbocycles. The van der Waals surface area contributed by atoms with Gasteiger partial charge in [0.2, 0.25) is 5.75 Å². The van der Waals surface area contributed by atoms with Gasteiger partial charge in [-0.25, -0.2) is 5.43 Å². The molecule has 2 N–H and O–H groups in total. The summed E-state index contributed by atoms with van der Waals surface area (Å²) in [6.07, 6.45) is 1.45. The molecule has 3 aromatic carbocycles. The Hall–Kier alpha value is -4.53. The first-order valence-corrected chi connectivity index (χ1v) is 10.3. The van der Waals surface area contributed by atoms with E-state index >= 15 is 0 Å². The SMILES string of the molecule is COc1ccc(/C=N/NC(=O)c2ccc(OCC(=O)Nc3ccccc3)cc2)c(OC)c1OC. The summed E-state index contributed by atoms with van der Waals surface area (Å²) in [7, 11) is 4.54. The molecule has 0 aliphatic heterocycles. The van der Waals surface area contributed by atoms with E-state index in [2.05, 4.69) is 15.8 Å². The molecule has 176 valence electrons. The van der Waals surface area contributed by atoms with Gasteiger partial charge in [0.05, 0.1) is 27.5 Å². The molecule has 0 heterocycles. The molecule has 3 aromatic rings. The molecule has 0 saturated heterocycles. The van der Waals surface area contributed by atoms with Crippen LogP contribution >= 0.6 is 0 Å². The maximum absolute atomic E-state index is 12.4. The van der Waals surface area contributed by atoms with Gasteiger partial charge >= 0.3 is 0 Å². The average Bonchev–Trinajstić information content (AvgIpc) is 2.87. The van der Waals surface area contributed by atoms with E-state index in [1.165, 1.54) is 27.5 Å². The Kier molecular flexibility index (Phi) is 8.45. The largest absolute Gasteiger partial charge is 0.493 e. The third-order valence-corrected chi connectivity index (χ3v) is 4.65. The van der Waals surface area contributed by atoms with Crippen LogP contribution in [-0.2, 0) is 4.79 Å². The second kappa shape index (κ2) is 11.9. The van der Waals surface area contributed by atoms with Gasteiger partial charge in [-0.15, -0.1) is 0 Å². The fourth-order valence-corrected chi connectivity index (χ4v) is 3.02. The standard InChI is InChI=1S/C25H25N3O6/c1-31-21-14-11-18(23(32-2)24(21)33-3)15-26-28-25(30)17-9-12-20(13-10-17)34-16-22(29)27-19-7-5-4-6-8-19/h4-15H,16H2,1-3H3,(H,27,29)(H,28,30)/b26-15+. The molecular formula is C25H25N3O6. The summed E-state index contributed by atoms with van der Waals surface area (Å²) in [5.74, 6) is 1.13. The number of anilines is 1. The van der Waals surface area contributed by atoms with Gasteiger partial charge < -0.3 is 24.3 Å². The lowest BCUT2D eigenvalue weighted by molar-refractivity contribution is -0.118. The third-order valence-electron chi connectivity index (χ3n) is 4.65. The second-order valence-electron chi connectivity index (χ2n) is 6.85. The Bertz CT molecular complexity index is 1150. The number of benzene rings is 3. The topological polar surface area (TPSA) is 107 Å². The van der Waals surface area contributed by atoms with Crippen molar-refractivity contribution in [2.24, 2.45) is 5.10 Å². The first-order chi connectivity index (χ1) is 16.5. The number of ether oxygens (including phenoxy) is 4. The van der Waals surface area contributed by atoms with Crippen LogP contribution in [0.15, 0.2) is 71.8 Å². The van der Waals surface area contributed by atoms with E-state index < -0.39 is 5.91 Å². The molecule has 3 rings (SSSR count). The zero-order chi connectivity index (χ0) is 24.3. The summed E-state index contributed by atoms with van der Waals surface area (Å²) < 4.78 is 21.4. The van der Waals surface area contributed by atoms with E-state index in [1.807, 2.05) is 18.2 Å². The Morgan fingerprint density at radius 2 is 1.56 bits per heavy atom. The van der Waals surface area contributed by atoms with Gasteiger partial charge in [0.15, 0.2) is 18.1 Å². The molecule has 0 bridgehead atoms. The molecule has 0 aliphatic rings. The van der Waals surface area contributed by atoms with Gasteiger partial charge in [0, 0.05) is 16.8 Å². The molecule has 0 atom stereocenters. The number of hydrazone groups is 1. The van der Waals surface area contributed by atoms with Gasteiger partial charge in [-0.2, -0.15) is 5.10 Å². The van der Waals surface area contributed by atoms with Crippen molar-refractivity contribution < 1.29 is 28.5 Å². The lowest BCUT2D eigenvalue weighted by Gasteiger charge is -2.13. The van der Waals surface area contributed by atoms with Gasteiger partial charge in [-0.05, 0) is 48.5 Å². The van der Waals surface area contributed by atoms with Gasteiger partial charge in [-0.1, -0.05) is 18.2 Å². The monoisotopic (exact) mass is 463 g/mol. The summed E-state index contributed by atoms with van der Waals surface area (Å²) >= 11 is 0. The quantitative estimate of drug-likeness (QED) is 0.352. The van der Waals surface area contributed by atoms with Crippen molar-refractivity contribution in [3.8, 4) is 23.0 Å². The number of rotatable bonds is 10. The highest BCUT2D eigenvalue weighted by molar-refractivity contribution is 5.95. The molecule has 0 aromatic heterocycles. The number of hydrogen-bond acceptors (Lipinski definition) is 7. The molecule has 0 aliphatic carbocycles. The molecular weight excluding hydrogens is 438 g/mol. The van der Waals surface area contributed by atoms with E-state index in [0.717, 1.165) is 0 Å². The maximum Gasteiger partial charge on any atom is 0.271 e. The van der Waals surface area contributed by atoms with Gasteiger partial charge in [-0.3, -0.25) is 9.59 Å². The lowest BCUT2D eigenvalue weighted by Crippen LogP contribution is -2.20. The predicted octanol–water partition coefficient (Wildman–Crippen LogP) is 3.49. The summed E-state index contributed by atoms with van der Waals surface area (Å²) in [5, 5.41) is 6.73. The van der Waals surface area contributed by atoms with E-state index in [9.17, 15) is 9.59 Å². The smallest absolute Gasteiger partial charge is 0.271 e. The highest BCUT2D eigenvalue weighted by atomic mass is 16.5. The van der Waals surface area contributed by atoms with Crippen LogP contribution in [0.25, 0.3) is 0 Å². The van der Waals surface area contributed by atoms with Crippen molar-refractivity contribution in [1.29, 1.82) is 0 Å². The van der Waals surface area contributed by atoms with Crippen LogP contribution in [-0.4, -0.2) is 46.0 Å². The Morgan fingerprint density at radius 1 is 0.853 bits per heavy atom. The van der Waals surface area contributed by atoms with E-state index in [4.69, 9.17) is 18.9 Å². The first-order valence-electron chi connectivity index (χ1n) is 10.3. The summed E-state index contributed by atoms with van der Waals surface area (Å²) in [4.78, 5) is 24.4. The number of nitrogens with zero attached hydrogens (tertiary/aromatic N) is 1. The Labute approximate surface area is 197 Å². The van der Waals surface area contributed by atoms with E-state index in [0.29, 0.717) is 39.8 Å². The number of carbonyl (C=O) groups excluding carboxylic acids is 2. The Balaban J connectivity index is 1.55. The first kappa shape index (κ1) is 24.1. The zero-order valence-corrected chi connectivity index (χ0v) is 19.0. The molecule has 9 heteroatoms. The fourth-order valence-electron chi connectivity index (χ4n) is 3.02. The zero-order valence-electron chi connectivity index (χ0n) is 19.0. The van der Waals surface area contributed by atoms with Gasteiger partial charge in [0.1, 0.15) is 5.75 Å². The van der Waals surface area contributed by atoms with Crippen LogP contribution in [0.5, 0.6) is 23.0 Å². The number of nitrogens with one attached hydrogen (secondary N) is 2. The molecule has 9 nitrogen and oxygen atoms in total. The molecule has 2 amide bonds. The number of carbonyl (C=O) groups is 2. The summed E-state index contributed by atoms with van der Waals surface area (Å²) in [6, 6.07) is 18.9. The van der Waals surface area contributed by atoms with Crippen LogP contribution in [0, 0.1) is 0 Å². The summed E-state index contributed by atoms with van der Waals surface area (Å²) in [6.45, 7) is -0.155. The van der Waals surface area contributed by atoms with Crippen molar-refractivity contribution in [3.63, 3.8) is 0 Å². The van der Waals surface area contributed by atoms with Crippen molar-refractivity contribution >= 4 is 23.7 Å². The Morgan fingerprint density at radius 3 is 2.21 bits per heavy atom. The highest BCUT2D eigenvalue weighted by Crippen LogP contribution is 2.38. The third kappa shape index (κ3) is 6.26. The van der Waals surface area contributed by atoms with Crippen molar-refractivity contribution in [3.05, 3.63) is 77.9 Å². The second-order valence-corrected chi connectivity index (χ2v) is 6.85. The van der Waals surface area contributed by atoms with Crippen LogP contribution in [0.2, 0.25) is 0 Å². The molecule has 0 fully saturated rings. The highest BCUT2D eigenvalue weighted by Gasteiger charge is 2.14. The van der Waals surface area contributed by atoms with Crippen LogP contribution in [0.4, 0.5) is 5.69 Å². The maximum atomic E-state index is 12.4. The number of methoxy groups -OCH3 is 3. The van der Waals surface area contributed by atoms with Crippen molar-refractivity contribution in [1.82, 2.24) is 5.43 Å². The number of para-hydroxylation sites is 1. The minimum atomic E-state index is -0.413. The van der Waals surface area contributed by atoms with E-state index in [-0.39, 0.29) is 12.5 Å². The molecule has 0 spiro atoms. The summed E-state index contributed by atoms with van der Waals surface area (Å²) in [5.41, 5.74) is 4.12. The van der Waals surface area contributed by atoms with Crippen LogP contribution in [0.3, 0.4) is 0 Å². The minimum absolute atomic E-state index is 0.155. The predicted molar refractivity (Wildman–Crippen MR) is 128 cm³/mol. The van der Waals surface area contributed by atoms with Gasteiger partial charge in [0.25, 0.3) is 11.8 Å².